The zero-order valence-corrected chi connectivity index (χ0v) is 12.6. The molecule has 0 unspecified atom stereocenters. The van der Waals surface area contributed by atoms with Crippen LogP contribution in [0.25, 0.3) is 11.0 Å². The number of amides is 1. The first-order valence-electron chi connectivity index (χ1n) is 7.09. The molecule has 122 valence electrons. The quantitative estimate of drug-likeness (QED) is 0.634. The molecule has 1 aromatic heterocycles. The number of rotatable bonds is 6. The molecule has 0 bridgehead atoms. The number of fused-ring (bicyclic) bond motifs is 1. The van der Waals surface area contributed by atoms with Crippen molar-refractivity contribution in [3.63, 3.8) is 0 Å². The van der Waals surface area contributed by atoms with Gasteiger partial charge in [0.15, 0.2) is 0 Å². The van der Waals surface area contributed by atoms with E-state index in [-0.39, 0.29) is 25.3 Å². The average Bonchev–Trinajstić information content (AvgIpc) is 2.50. The summed E-state index contributed by atoms with van der Waals surface area (Å²) >= 11 is 0. The number of carboxylic acids is 1. The molecule has 23 heavy (non-hydrogen) atoms. The number of nitrogens with zero attached hydrogens (tertiary/aromatic N) is 1. The standard InChI is InChI=1S/C15H17N3O5/c1-18-11-4-2-9(8-10(11)17-14(22)15(18)23)3-5-12(19)16-7-6-13(20)21/h2,4,8H,3,5-7H2,1H3,(H,16,19)(H,17,22)(H,20,21). The second-order valence-corrected chi connectivity index (χ2v) is 5.16. The van der Waals surface area contributed by atoms with E-state index in [0.717, 1.165) is 5.56 Å². The number of carbonyl (C=O) groups is 2. The Balaban J connectivity index is 2.06. The van der Waals surface area contributed by atoms with Crippen LogP contribution in [0.5, 0.6) is 0 Å². The normalized spacial score (nSPS) is 10.7. The number of H-pyrrole nitrogens is 1. The fourth-order valence-corrected chi connectivity index (χ4v) is 2.22. The molecule has 0 fully saturated rings. The zero-order chi connectivity index (χ0) is 17.0. The monoisotopic (exact) mass is 319 g/mol. The van der Waals surface area contributed by atoms with Gasteiger partial charge in [0, 0.05) is 20.0 Å². The summed E-state index contributed by atoms with van der Waals surface area (Å²) in [5.74, 6) is -1.20. The summed E-state index contributed by atoms with van der Waals surface area (Å²) in [5, 5.41) is 11.0. The summed E-state index contributed by atoms with van der Waals surface area (Å²) in [7, 11) is 1.52. The molecule has 0 spiro atoms. The minimum Gasteiger partial charge on any atom is -0.481 e. The van der Waals surface area contributed by atoms with E-state index < -0.39 is 17.1 Å². The van der Waals surface area contributed by atoms with Crippen LogP contribution in [0.1, 0.15) is 18.4 Å². The van der Waals surface area contributed by atoms with Crippen LogP contribution in [0.15, 0.2) is 27.8 Å². The highest BCUT2D eigenvalue weighted by Gasteiger charge is 2.07. The van der Waals surface area contributed by atoms with Gasteiger partial charge in [0.25, 0.3) is 0 Å². The van der Waals surface area contributed by atoms with Crippen molar-refractivity contribution in [1.29, 1.82) is 0 Å². The van der Waals surface area contributed by atoms with Gasteiger partial charge in [-0.15, -0.1) is 0 Å². The lowest BCUT2D eigenvalue weighted by Gasteiger charge is -2.07. The molecule has 8 nitrogen and oxygen atoms in total. The van der Waals surface area contributed by atoms with Gasteiger partial charge in [-0.05, 0) is 24.1 Å². The number of aliphatic carboxylic acids is 1. The van der Waals surface area contributed by atoms with Crippen molar-refractivity contribution in [2.45, 2.75) is 19.3 Å². The van der Waals surface area contributed by atoms with Gasteiger partial charge >= 0.3 is 17.1 Å². The van der Waals surface area contributed by atoms with Crippen molar-refractivity contribution in [1.82, 2.24) is 14.9 Å². The third kappa shape index (κ3) is 4.06. The molecule has 1 aromatic carbocycles. The van der Waals surface area contributed by atoms with Crippen molar-refractivity contribution in [2.75, 3.05) is 6.54 Å². The van der Waals surface area contributed by atoms with Gasteiger partial charge in [0.2, 0.25) is 5.91 Å². The third-order valence-corrected chi connectivity index (χ3v) is 3.47. The van der Waals surface area contributed by atoms with Gasteiger partial charge in [0.1, 0.15) is 0 Å². The number of carbonyl (C=O) groups excluding carboxylic acids is 1. The van der Waals surface area contributed by atoms with E-state index in [4.69, 9.17) is 5.11 Å². The van der Waals surface area contributed by atoms with Crippen LogP contribution < -0.4 is 16.4 Å². The molecular formula is C15H17N3O5. The molecule has 0 aliphatic carbocycles. The number of hydrogen-bond acceptors (Lipinski definition) is 4. The summed E-state index contributed by atoms with van der Waals surface area (Å²) in [6.45, 7) is 0.0985. The molecule has 8 heteroatoms. The van der Waals surface area contributed by atoms with Crippen LogP contribution in [-0.4, -0.2) is 33.1 Å². The topological polar surface area (TPSA) is 121 Å². The Morgan fingerprint density at radius 2 is 2.00 bits per heavy atom. The molecule has 1 amide bonds. The predicted octanol–water partition coefficient (Wildman–Crippen LogP) is -0.250. The highest BCUT2D eigenvalue weighted by molar-refractivity contribution is 5.78. The molecule has 2 rings (SSSR count). The van der Waals surface area contributed by atoms with Crippen LogP contribution in [-0.2, 0) is 23.1 Å². The minimum atomic E-state index is -0.964. The Bertz CT molecular complexity index is 866. The van der Waals surface area contributed by atoms with Crippen LogP contribution in [0, 0.1) is 0 Å². The largest absolute Gasteiger partial charge is 0.481 e. The maximum absolute atomic E-state index is 11.6. The predicted molar refractivity (Wildman–Crippen MR) is 83.4 cm³/mol. The molecule has 0 aliphatic rings. The number of aromatic amines is 1. The van der Waals surface area contributed by atoms with Crippen LogP contribution in [0.2, 0.25) is 0 Å². The lowest BCUT2D eigenvalue weighted by molar-refractivity contribution is -0.136. The summed E-state index contributed by atoms with van der Waals surface area (Å²) in [6.07, 6.45) is 0.540. The summed E-state index contributed by atoms with van der Waals surface area (Å²) in [6, 6.07) is 5.22. The Labute approximate surface area is 130 Å². The van der Waals surface area contributed by atoms with Crippen molar-refractivity contribution >= 4 is 22.9 Å². The summed E-state index contributed by atoms with van der Waals surface area (Å²) in [5.41, 5.74) is 0.650. The molecule has 0 saturated carbocycles. The van der Waals surface area contributed by atoms with E-state index in [1.54, 1.807) is 18.2 Å². The lowest BCUT2D eigenvalue weighted by atomic mass is 10.1. The number of nitrogens with one attached hydrogen (secondary N) is 2. The van der Waals surface area contributed by atoms with E-state index in [0.29, 0.717) is 17.5 Å². The van der Waals surface area contributed by atoms with Gasteiger partial charge in [-0.3, -0.25) is 19.2 Å². The number of aromatic nitrogens is 2. The Morgan fingerprint density at radius 3 is 2.70 bits per heavy atom. The second kappa shape index (κ2) is 6.91. The van der Waals surface area contributed by atoms with Crippen LogP contribution >= 0.6 is 0 Å². The number of hydrogen-bond donors (Lipinski definition) is 3. The highest BCUT2D eigenvalue weighted by atomic mass is 16.4. The Morgan fingerprint density at radius 1 is 1.26 bits per heavy atom. The summed E-state index contributed by atoms with van der Waals surface area (Å²) < 4.78 is 1.27. The van der Waals surface area contributed by atoms with Crippen molar-refractivity contribution in [3.8, 4) is 0 Å². The molecular weight excluding hydrogens is 302 g/mol. The van der Waals surface area contributed by atoms with Gasteiger partial charge in [-0.25, -0.2) is 0 Å². The van der Waals surface area contributed by atoms with Gasteiger partial charge in [-0.1, -0.05) is 6.07 Å². The third-order valence-electron chi connectivity index (χ3n) is 3.47. The molecule has 0 aliphatic heterocycles. The maximum atomic E-state index is 11.6. The van der Waals surface area contributed by atoms with Gasteiger partial charge in [0.05, 0.1) is 17.5 Å². The average molecular weight is 319 g/mol. The van der Waals surface area contributed by atoms with Crippen molar-refractivity contribution < 1.29 is 14.7 Å². The second-order valence-electron chi connectivity index (χ2n) is 5.16. The van der Waals surface area contributed by atoms with Gasteiger partial charge < -0.3 is 20.0 Å². The smallest absolute Gasteiger partial charge is 0.316 e. The highest BCUT2D eigenvalue weighted by Crippen LogP contribution is 2.12. The molecule has 3 N–H and O–H groups in total. The number of benzene rings is 1. The van der Waals surface area contributed by atoms with E-state index in [1.165, 1.54) is 11.6 Å². The van der Waals surface area contributed by atoms with Crippen LogP contribution in [0.3, 0.4) is 0 Å². The van der Waals surface area contributed by atoms with Crippen molar-refractivity contribution in [3.05, 3.63) is 44.5 Å². The Hall–Kier alpha value is -2.90. The molecule has 2 aromatic rings. The van der Waals surface area contributed by atoms with Crippen LogP contribution in [0.4, 0.5) is 0 Å². The SMILES string of the molecule is Cn1c(=O)c(=O)[nH]c2cc(CCC(=O)NCCC(=O)O)ccc21. The van der Waals surface area contributed by atoms with E-state index in [1.807, 2.05) is 0 Å². The minimum absolute atomic E-state index is 0.0985. The fraction of sp³-hybridized carbons (Fsp3) is 0.333. The molecule has 1 heterocycles. The molecule has 0 saturated heterocycles. The molecule has 0 atom stereocenters. The first kappa shape index (κ1) is 16.5. The maximum Gasteiger partial charge on any atom is 0.316 e. The lowest BCUT2D eigenvalue weighted by Crippen LogP contribution is -2.34. The van der Waals surface area contributed by atoms with E-state index in [9.17, 15) is 19.2 Å². The number of aryl methyl sites for hydroxylation is 2. The van der Waals surface area contributed by atoms with Gasteiger partial charge in [-0.2, -0.15) is 0 Å². The van der Waals surface area contributed by atoms with Crippen molar-refractivity contribution in [2.24, 2.45) is 7.05 Å². The number of carboxylic acid groups (broad SMARTS) is 1. The fourth-order valence-electron chi connectivity index (χ4n) is 2.22. The van der Waals surface area contributed by atoms with E-state index >= 15 is 0 Å². The zero-order valence-electron chi connectivity index (χ0n) is 12.6. The first-order chi connectivity index (χ1) is 10.9. The molecule has 0 radical (unpaired) electrons. The van der Waals surface area contributed by atoms with E-state index in [2.05, 4.69) is 10.3 Å². The Kier molecular flexibility index (Phi) is 4.95. The first-order valence-corrected chi connectivity index (χ1v) is 7.09. The summed E-state index contributed by atoms with van der Waals surface area (Å²) in [4.78, 5) is 47.5.